The van der Waals surface area contributed by atoms with Crippen LogP contribution in [0.5, 0.6) is 0 Å². The second kappa shape index (κ2) is 7.91. The number of benzene rings is 2. The summed E-state index contributed by atoms with van der Waals surface area (Å²) in [5.41, 5.74) is 5.54. The molecule has 0 spiro atoms. The minimum atomic E-state index is -0.400. The Morgan fingerprint density at radius 1 is 1.26 bits per heavy atom. The van der Waals surface area contributed by atoms with E-state index in [2.05, 4.69) is 16.4 Å². The second-order valence-electron chi connectivity index (χ2n) is 7.76. The Kier molecular flexibility index (Phi) is 5.27. The normalized spacial score (nSPS) is 12.3. The van der Waals surface area contributed by atoms with Gasteiger partial charge in [0.15, 0.2) is 0 Å². The molecule has 0 aliphatic rings. The number of aromatic nitrogens is 3. The zero-order valence-electron chi connectivity index (χ0n) is 18.4. The molecule has 7 heteroatoms. The summed E-state index contributed by atoms with van der Waals surface area (Å²) in [4.78, 5) is 30.0. The minimum absolute atomic E-state index is 0.0511. The van der Waals surface area contributed by atoms with Crippen molar-refractivity contribution in [2.45, 2.75) is 33.2 Å². The summed E-state index contributed by atoms with van der Waals surface area (Å²) in [5.74, 6) is -0.400. The average Bonchev–Trinajstić information content (AvgIpc) is 3.20. The first kappa shape index (κ1) is 20.7. The number of hydrogen-bond acceptors (Lipinski definition) is 5. The molecule has 160 valence electrons. The third-order valence-corrected chi connectivity index (χ3v) is 5.70. The van der Waals surface area contributed by atoms with Crippen LogP contribution in [0.15, 0.2) is 47.5 Å². The van der Waals surface area contributed by atoms with Gasteiger partial charge in [-0.15, -0.1) is 0 Å². The Bertz CT molecular complexity index is 1370. The number of carbonyl (C=O) groups excluding carboxylic acids is 1. The van der Waals surface area contributed by atoms with Gasteiger partial charge in [0, 0.05) is 12.7 Å². The van der Waals surface area contributed by atoms with Crippen LogP contribution in [0.2, 0.25) is 0 Å². The van der Waals surface area contributed by atoms with E-state index in [1.54, 1.807) is 30.1 Å². The number of hydrogen-bond donors (Lipinski definition) is 1. The smallest absolute Gasteiger partial charge is 0.339 e. The molecule has 0 aliphatic carbocycles. The number of methoxy groups -OCH3 is 1. The number of rotatable bonds is 5. The molecule has 0 radical (unpaired) electrons. The number of nitrogens with one attached hydrogen (secondary N) is 1. The number of para-hydroxylation sites is 1. The van der Waals surface area contributed by atoms with E-state index < -0.39 is 5.97 Å². The Labute approximate surface area is 180 Å². The molecule has 2 aromatic carbocycles. The SMILES string of the molecule is CCc1ncn2c3c(C(C)Nc4ccccc4C(=O)OC)cc(C)cc3c(=O)n(C)c12. The molecule has 0 saturated heterocycles. The predicted molar refractivity (Wildman–Crippen MR) is 122 cm³/mol. The number of esters is 1. The van der Waals surface area contributed by atoms with Crippen molar-refractivity contribution in [3.05, 3.63) is 75.5 Å². The number of anilines is 1. The van der Waals surface area contributed by atoms with Gasteiger partial charge in [-0.1, -0.05) is 25.1 Å². The van der Waals surface area contributed by atoms with E-state index in [4.69, 9.17) is 4.74 Å². The summed E-state index contributed by atoms with van der Waals surface area (Å²) in [6, 6.07) is 11.1. The molecule has 1 atom stereocenters. The monoisotopic (exact) mass is 418 g/mol. The molecule has 0 aliphatic heterocycles. The lowest BCUT2D eigenvalue weighted by Crippen LogP contribution is -2.22. The van der Waals surface area contributed by atoms with Crippen LogP contribution in [-0.4, -0.2) is 27.0 Å². The Morgan fingerprint density at radius 2 is 2.00 bits per heavy atom. The van der Waals surface area contributed by atoms with Gasteiger partial charge in [0.25, 0.3) is 5.56 Å². The molecule has 2 heterocycles. The summed E-state index contributed by atoms with van der Waals surface area (Å²) in [6.07, 6.45) is 2.51. The number of ether oxygens (including phenoxy) is 1. The van der Waals surface area contributed by atoms with E-state index in [0.717, 1.165) is 34.4 Å². The fraction of sp³-hybridized carbons (Fsp3) is 0.292. The zero-order chi connectivity index (χ0) is 22.3. The summed E-state index contributed by atoms with van der Waals surface area (Å²) in [5, 5.41) is 4.08. The lowest BCUT2D eigenvalue weighted by Gasteiger charge is -2.21. The van der Waals surface area contributed by atoms with Crippen LogP contribution < -0.4 is 10.9 Å². The molecule has 0 saturated carbocycles. The predicted octanol–water partition coefficient (Wildman–Crippen LogP) is 4.02. The Balaban J connectivity index is 1.94. The van der Waals surface area contributed by atoms with E-state index in [-0.39, 0.29) is 11.6 Å². The number of fused-ring (bicyclic) bond motifs is 3. The Morgan fingerprint density at radius 3 is 2.71 bits per heavy atom. The van der Waals surface area contributed by atoms with Crippen molar-refractivity contribution in [3.8, 4) is 0 Å². The maximum absolute atomic E-state index is 13.2. The van der Waals surface area contributed by atoms with Crippen molar-refractivity contribution in [1.82, 2.24) is 14.0 Å². The first-order valence-corrected chi connectivity index (χ1v) is 10.3. The molecule has 0 fully saturated rings. The standard InChI is InChI=1S/C24H26N4O3/c1-6-19-22-27(4)23(29)18-12-14(2)11-17(21(18)28(22)13-25-19)15(3)26-20-10-8-7-9-16(20)24(30)31-5/h7-13,15,26H,6H2,1-5H3. The van der Waals surface area contributed by atoms with E-state index in [1.807, 2.05) is 43.4 Å². The van der Waals surface area contributed by atoms with Gasteiger partial charge in [0.1, 0.15) is 12.0 Å². The van der Waals surface area contributed by atoms with Gasteiger partial charge in [-0.2, -0.15) is 0 Å². The van der Waals surface area contributed by atoms with Gasteiger partial charge in [-0.05, 0) is 49.6 Å². The maximum Gasteiger partial charge on any atom is 0.339 e. The molecular weight excluding hydrogens is 392 g/mol. The molecule has 7 nitrogen and oxygen atoms in total. The molecule has 2 aromatic heterocycles. The van der Waals surface area contributed by atoms with E-state index >= 15 is 0 Å². The molecule has 0 bridgehead atoms. The van der Waals surface area contributed by atoms with Crippen molar-refractivity contribution < 1.29 is 9.53 Å². The van der Waals surface area contributed by atoms with Crippen LogP contribution in [-0.2, 0) is 18.2 Å². The second-order valence-corrected chi connectivity index (χ2v) is 7.76. The molecule has 4 aromatic rings. The summed E-state index contributed by atoms with van der Waals surface area (Å²) >= 11 is 0. The molecule has 0 amide bonds. The largest absolute Gasteiger partial charge is 0.465 e. The van der Waals surface area contributed by atoms with E-state index in [9.17, 15) is 9.59 Å². The van der Waals surface area contributed by atoms with Gasteiger partial charge in [-0.25, -0.2) is 9.78 Å². The van der Waals surface area contributed by atoms with E-state index in [1.165, 1.54) is 7.11 Å². The molecule has 1 N–H and O–H groups in total. The van der Waals surface area contributed by atoms with Gasteiger partial charge in [0.05, 0.1) is 35.3 Å². The lowest BCUT2D eigenvalue weighted by molar-refractivity contribution is 0.0602. The van der Waals surface area contributed by atoms with Crippen LogP contribution in [0.1, 0.15) is 47.1 Å². The van der Waals surface area contributed by atoms with Crippen LogP contribution in [0, 0.1) is 6.92 Å². The lowest BCUT2D eigenvalue weighted by atomic mass is 10.00. The molecular formula is C24H26N4O3. The first-order chi connectivity index (χ1) is 14.9. The summed E-state index contributed by atoms with van der Waals surface area (Å²) < 4.78 is 8.58. The zero-order valence-corrected chi connectivity index (χ0v) is 18.4. The van der Waals surface area contributed by atoms with Crippen LogP contribution in [0.25, 0.3) is 16.6 Å². The Hall–Kier alpha value is -3.61. The fourth-order valence-corrected chi connectivity index (χ4v) is 4.20. The summed E-state index contributed by atoms with van der Waals surface area (Å²) in [6.45, 7) is 6.03. The third kappa shape index (κ3) is 3.36. The molecule has 31 heavy (non-hydrogen) atoms. The highest BCUT2D eigenvalue weighted by Crippen LogP contribution is 2.30. The van der Waals surface area contributed by atoms with Gasteiger partial charge in [0.2, 0.25) is 0 Å². The fourth-order valence-electron chi connectivity index (χ4n) is 4.20. The topological polar surface area (TPSA) is 77.6 Å². The number of imidazole rings is 1. The number of aryl methyl sites for hydroxylation is 3. The summed E-state index contributed by atoms with van der Waals surface area (Å²) in [7, 11) is 3.15. The highest BCUT2D eigenvalue weighted by atomic mass is 16.5. The van der Waals surface area contributed by atoms with E-state index in [0.29, 0.717) is 16.6 Å². The average molecular weight is 418 g/mol. The van der Waals surface area contributed by atoms with Crippen molar-refractivity contribution in [2.24, 2.45) is 7.05 Å². The van der Waals surface area contributed by atoms with Crippen LogP contribution >= 0.6 is 0 Å². The number of nitrogens with zero attached hydrogens (tertiary/aromatic N) is 3. The third-order valence-electron chi connectivity index (χ3n) is 5.70. The van der Waals surface area contributed by atoms with Crippen LogP contribution in [0.3, 0.4) is 0 Å². The van der Waals surface area contributed by atoms with Crippen molar-refractivity contribution >= 4 is 28.2 Å². The van der Waals surface area contributed by atoms with Crippen LogP contribution in [0.4, 0.5) is 5.69 Å². The minimum Gasteiger partial charge on any atom is -0.465 e. The van der Waals surface area contributed by atoms with Crippen molar-refractivity contribution in [1.29, 1.82) is 0 Å². The highest BCUT2D eigenvalue weighted by Gasteiger charge is 2.20. The van der Waals surface area contributed by atoms with Crippen molar-refractivity contribution in [3.63, 3.8) is 0 Å². The molecule has 1 unspecified atom stereocenters. The maximum atomic E-state index is 13.2. The van der Waals surface area contributed by atoms with Gasteiger partial charge < -0.3 is 10.1 Å². The number of carbonyl (C=O) groups is 1. The van der Waals surface area contributed by atoms with Crippen molar-refractivity contribution in [2.75, 3.05) is 12.4 Å². The highest BCUT2D eigenvalue weighted by molar-refractivity contribution is 5.95. The molecule has 4 rings (SSSR count). The van der Waals surface area contributed by atoms with Gasteiger partial charge in [-0.3, -0.25) is 13.8 Å². The van der Waals surface area contributed by atoms with Gasteiger partial charge >= 0.3 is 5.97 Å². The first-order valence-electron chi connectivity index (χ1n) is 10.3. The quantitative estimate of drug-likeness (QED) is 0.496.